The van der Waals surface area contributed by atoms with Crippen LogP contribution in [0.25, 0.3) is 22.3 Å². The Bertz CT molecular complexity index is 3090. The van der Waals surface area contributed by atoms with Gasteiger partial charge in [0.2, 0.25) is 23.6 Å². The van der Waals surface area contributed by atoms with Gasteiger partial charge in [-0.05, 0) is 166 Å². The van der Waals surface area contributed by atoms with Crippen molar-refractivity contribution < 1.29 is 76.7 Å². The summed E-state index contributed by atoms with van der Waals surface area (Å²) in [6.07, 6.45) is -3.58. The lowest BCUT2D eigenvalue weighted by atomic mass is 9.93. The normalized spacial score (nSPS) is 16.1. The summed E-state index contributed by atoms with van der Waals surface area (Å²) in [7, 11) is 1.31. The first-order valence-electron chi connectivity index (χ1n) is 27.3. The quantitative estimate of drug-likeness (QED) is 0.0235. The molecule has 4 aromatic carbocycles. The summed E-state index contributed by atoms with van der Waals surface area (Å²) in [5.74, 6) is -6.33. The second kappa shape index (κ2) is 28.6. The molecule has 6 N–H and O–H groups in total. The summed E-state index contributed by atoms with van der Waals surface area (Å²) in [6.45, 7) is 17.7. The number of unbranched alkanes of at least 4 members (excludes halogenated alkanes) is 1. The molecule has 452 valence electrons. The van der Waals surface area contributed by atoms with Gasteiger partial charge in [0.15, 0.2) is 5.78 Å². The number of benzene rings is 4. The number of nitrogens with zero attached hydrogens (tertiary/aromatic N) is 1. The molecule has 5 rings (SSSR count). The molecule has 0 radical (unpaired) electrons. The van der Waals surface area contributed by atoms with E-state index in [1.807, 2.05) is 12.1 Å². The first-order valence-corrected chi connectivity index (χ1v) is 27.7. The second-order valence-corrected chi connectivity index (χ2v) is 23.6. The Hall–Kier alpha value is -8.53. The van der Waals surface area contributed by atoms with Crippen molar-refractivity contribution in [2.75, 3.05) is 13.6 Å². The number of hydrogen-bond donors (Lipinski definition) is 6. The average molecular weight is 1180 g/mol. The Kier molecular flexibility index (Phi) is 22.6. The lowest BCUT2D eigenvalue weighted by Crippen LogP contribution is -2.56. The number of amides is 6. The van der Waals surface area contributed by atoms with Crippen molar-refractivity contribution in [2.45, 2.75) is 162 Å². The highest BCUT2D eigenvalue weighted by atomic mass is 35.5. The number of fused-ring (bicyclic) bond motifs is 5. The third-order valence-electron chi connectivity index (χ3n) is 12.6. The van der Waals surface area contributed by atoms with Crippen LogP contribution in [0.3, 0.4) is 0 Å². The molecule has 6 amide bonds. The standard InChI is InChI=1S/C61H75ClN6O16/c1-34(46(69)26-29-49(70)71)64-53(74)45-32-36-16-27-47(80-57(78)83-60(6,7)8)42(31-36)43-33-40(23-28-48(43)81-58(79)84-61(9,10)11)50(54(75)65-35(2)51(72)67-45)68(12)55(76)44(15-13-14-30-63-56(77)82-59(3,4)5)66-52(73)39-19-17-37(18-20-39)38-21-24-41(62)25-22-38/h16-25,27-28,31,33-35,44-45,50H,13-15,26,29-30,32H2,1-12H3,(H,63,77)(H,64,74)(H,65,75)(H,66,73)(H,67,72)(H,70,71)/t34-,35-,44-,45-,50-/m0/s1. The van der Waals surface area contributed by atoms with Gasteiger partial charge in [0.25, 0.3) is 5.91 Å². The molecule has 1 heterocycles. The summed E-state index contributed by atoms with van der Waals surface area (Å²) in [5, 5.41) is 23.1. The summed E-state index contributed by atoms with van der Waals surface area (Å²) in [6, 6.07) is 15.1. The van der Waals surface area contributed by atoms with E-state index in [2.05, 4.69) is 26.6 Å². The van der Waals surface area contributed by atoms with Gasteiger partial charge in [0, 0.05) is 48.1 Å². The number of carbonyl (C=O) groups excluding carboxylic acids is 9. The van der Waals surface area contributed by atoms with Gasteiger partial charge in [-0.3, -0.25) is 33.6 Å². The second-order valence-electron chi connectivity index (χ2n) is 23.2. The third-order valence-corrected chi connectivity index (χ3v) is 12.8. The highest BCUT2D eigenvalue weighted by molar-refractivity contribution is 6.30. The Morgan fingerprint density at radius 2 is 1.24 bits per heavy atom. The number of carbonyl (C=O) groups is 10. The molecule has 0 aromatic heterocycles. The monoisotopic (exact) mass is 1180 g/mol. The number of rotatable bonds is 18. The van der Waals surface area contributed by atoms with E-state index in [0.717, 1.165) is 16.0 Å². The van der Waals surface area contributed by atoms with Crippen LogP contribution in [-0.2, 0) is 49.4 Å². The van der Waals surface area contributed by atoms with E-state index in [4.69, 9.17) is 35.3 Å². The predicted molar refractivity (Wildman–Crippen MR) is 310 cm³/mol. The van der Waals surface area contributed by atoms with E-state index in [1.54, 1.807) is 98.7 Å². The molecular formula is C61H75ClN6O16. The summed E-state index contributed by atoms with van der Waals surface area (Å²) < 4.78 is 28.0. The van der Waals surface area contributed by atoms with Crippen LogP contribution in [0.5, 0.6) is 11.5 Å². The van der Waals surface area contributed by atoms with Crippen LogP contribution in [0.2, 0.25) is 5.02 Å². The summed E-state index contributed by atoms with van der Waals surface area (Å²) >= 11 is 6.11. The van der Waals surface area contributed by atoms with Gasteiger partial charge in [-0.25, -0.2) is 14.4 Å². The van der Waals surface area contributed by atoms with Crippen LogP contribution in [0.15, 0.2) is 84.9 Å². The van der Waals surface area contributed by atoms with Gasteiger partial charge in [0.1, 0.15) is 52.5 Å². The first kappa shape index (κ1) is 66.3. The fourth-order valence-electron chi connectivity index (χ4n) is 8.54. The molecule has 0 fully saturated rings. The van der Waals surface area contributed by atoms with Crippen molar-refractivity contribution in [3.05, 3.63) is 107 Å². The molecule has 23 heteroatoms. The molecule has 4 aromatic rings. The molecule has 84 heavy (non-hydrogen) atoms. The number of nitrogens with one attached hydrogen (secondary N) is 5. The summed E-state index contributed by atoms with van der Waals surface area (Å²) in [5.41, 5.74) is -0.689. The minimum absolute atomic E-state index is 0.00671. The number of ketones is 1. The number of carboxylic acids is 1. The molecular weight excluding hydrogens is 1110 g/mol. The third kappa shape index (κ3) is 20.4. The first-order chi connectivity index (χ1) is 39.2. The minimum Gasteiger partial charge on any atom is -0.481 e. The van der Waals surface area contributed by atoms with E-state index < -0.39 is 120 Å². The van der Waals surface area contributed by atoms with Gasteiger partial charge in [-0.15, -0.1) is 0 Å². The van der Waals surface area contributed by atoms with Crippen molar-refractivity contribution >= 4 is 71.3 Å². The van der Waals surface area contributed by atoms with E-state index >= 15 is 9.59 Å². The SMILES string of the molecule is C[C@H](NC(=O)[C@@H]1Cc2ccc(OC(=O)OC(C)(C)C)c(c2)-c2cc(ccc2OC(=O)OC(C)(C)C)[C@H](N(C)C(=O)[C@H](CCCCNC(=O)OC(C)(C)C)NC(=O)c2ccc(-c3ccc(Cl)cc3)cc2)C(=O)N[C@@H](C)C(=O)N1)C(=O)CCC(=O)O. The lowest BCUT2D eigenvalue weighted by Gasteiger charge is -2.33. The van der Waals surface area contributed by atoms with Crippen molar-refractivity contribution in [3.8, 4) is 33.8 Å². The Labute approximate surface area is 493 Å². The van der Waals surface area contributed by atoms with Gasteiger partial charge in [0.05, 0.1) is 12.5 Å². The van der Waals surface area contributed by atoms with Crippen LogP contribution >= 0.6 is 11.6 Å². The number of alkyl carbamates (subject to hydrolysis) is 1. The highest BCUT2D eigenvalue weighted by Crippen LogP contribution is 2.41. The summed E-state index contributed by atoms with van der Waals surface area (Å²) in [4.78, 5) is 138. The van der Waals surface area contributed by atoms with Crippen LogP contribution in [0.4, 0.5) is 14.4 Å². The van der Waals surface area contributed by atoms with Gasteiger partial charge >= 0.3 is 24.4 Å². The number of hydrogen-bond acceptors (Lipinski definition) is 15. The predicted octanol–water partition coefficient (Wildman–Crippen LogP) is 8.78. The minimum atomic E-state index is -1.67. The highest BCUT2D eigenvalue weighted by Gasteiger charge is 2.37. The smallest absolute Gasteiger partial charge is 0.481 e. The fourth-order valence-corrected chi connectivity index (χ4v) is 8.67. The zero-order valence-corrected chi connectivity index (χ0v) is 50.1. The Morgan fingerprint density at radius 1 is 0.690 bits per heavy atom. The maximum atomic E-state index is 15.3. The number of carboxylic acid groups (broad SMARTS) is 1. The number of halogens is 1. The van der Waals surface area contributed by atoms with Crippen molar-refractivity contribution in [3.63, 3.8) is 0 Å². The number of Topliss-reactive ketones (excluding diaryl/α,β-unsaturated/α-hetero) is 1. The topological polar surface area (TPSA) is 300 Å². The van der Waals surface area contributed by atoms with Crippen LogP contribution in [-0.4, -0.2) is 124 Å². The van der Waals surface area contributed by atoms with Crippen molar-refractivity contribution in [1.82, 2.24) is 31.5 Å². The van der Waals surface area contributed by atoms with E-state index in [0.29, 0.717) is 17.0 Å². The van der Waals surface area contributed by atoms with Gasteiger partial charge in [-0.1, -0.05) is 48.0 Å². The molecule has 4 bridgehead atoms. The molecule has 5 atom stereocenters. The van der Waals surface area contributed by atoms with Crippen LogP contribution in [0.1, 0.15) is 136 Å². The zero-order valence-electron chi connectivity index (χ0n) is 49.3. The lowest BCUT2D eigenvalue weighted by molar-refractivity contribution is -0.141. The number of aliphatic carboxylic acids is 1. The van der Waals surface area contributed by atoms with Crippen LogP contribution < -0.4 is 36.1 Å². The van der Waals surface area contributed by atoms with E-state index in [-0.39, 0.29) is 59.6 Å². The van der Waals surface area contributed by atoms with E-state index in [9.17, 15) is 43.5 Å². The molecule has 0 aliphatic carbocycles. The van der Waals surface area contributed by atoms with Crippen molar-refractivity contribution in [2.24, 2.45) is 0 Å². The molecule has 22 nitrogen and oxygen atoms in total. The maximum Gasteiger partial charge on any atom is 0.514 e. The molecule has 1 aliphatic rings. The largest absolute Gasteiger partial charge is 0.514 e. The maximum absolute atomic E-state index is 15.3. The molecule has 0 saturated carbocycles. The molecule has 0 saturated heterocycles. The zero-order chi connectivity index (χ0) is 62.4. The van der Waals surface area contributed by atoms with E-state index in [1.165, 1.54) is 57.3 Å². The van der Waals surface area contributed by atoms with Crippen LogP contribution in [0, 0.1) is 0 Å². The number of ether oxygens (including phenoxy) is 5. The number of likely N-dealkylation sites (N-methyl/N-ethyl adjacent to an activating group) is 1. The van der Waals surface area contributed by atoms with Crippen molar-refractivity contribution in [1.29, 1.82) is 0 Å². The molecule has 0 unspecified atom stereocenters. The molecule has 0 spiro atoms. The van der Waals surface area contributed by atoms with Gasteiger partial charge < -0.3 is 60.3 Å². The van der Waals surface area contributed by atoms with Gasteiger partial charge in [-0.2, -0.15) is 0 Å². The average Bonchev–Trinajstić information content (AvgIpc) is 3.57. The fraction of sp³-hybridized carbons (Fsp3) is 0.443. The molecule has 1 aliphatic heterocycles. The Morgan fingerprint density at radius 3 is 1.80 bits per heavy atom. The Balaban J connectivity index is 1.66.